The summed E-state index contributed by atoms with van der Waals surface area (Å²) >= 11 is 0. The third-order valence-corrected chi connectivity index (χ3v) is 10.4. The van der Waals surface area contributed by atoms with Crippen LogP contribution in [0.15, 0.2) is 18.2 Å². The second kappa shape index (κ2) is 13.1. The van der Waals surface area contributed by atoms with Crippen molar-refractivity contribution in [2.24, 2.45) is 17.3 Å². The van der Waals surface area contributed by atoms with Crippen molar-refractivity contribution in [3.05, 3.63) is 29.3 Å². The van der Waals surface area contributed by atoms with Crippen molar-refractivity contribution in [1.82, 2.24) is 5.32 Å². The number of unbranched alkanes of at least 4 members (excludes halogenated alkanes) is 2. The molecule has 1 aromatic rings. The molecule has 3 aliphatic rings. The van der Waals surface area contributed by atoms with E-state index in [1.807, 2.05) is 25.1 Å². The predicted octanol–water partition coefficient (Wildman–Crippen LogP) is 9.78. The molecule has 0 saturated heterocycles. The Kier molecular flexibility index (Phi) is 10.1. The zero-order chi connectivity index (χ0) is 36.0. The summed E-state index contributed by atoms with van der Waals surface area (Å²) in [5.41, 5.74) is -5.45. The Morgan fingerprint density at radius 2 is 1.51 bits per heavy atom. The van der Waals surface area contributed by atoms with E-state index in [1.54, 1.807) is 0 Å². The van der Waals surface area contributed by atoms with Crippen molar-refractivity contribution in [2.45, 2.75) is 120 Å². The van der Waals surface area contributed by atoms with Gasteiger partial charge in [-0.3, -0.25) is 0 Å². The van der Waals surface area contributed by atoms with Crippen LogP contribution in [0.5, 0.6) is 5.75 Å². The second-order valence-electron chi connectivity index (χ2n) is 13.1. The van der Waals surface area contributed by atoms with E-state index in [-0.39, 0.29) is 24.2 Å². The van der Waals surface area contributed by atoms with Gasteiger partial charge in [-0.15, -0.1) is 0 Å². The van der Waals surface area contributed by atoms with Gasteiger partial charge >= 0.3 is 36.0 Å². The van der Waals surface area contributed by atoms with E-state index in [0.29, 0.717) is 32.8 Å². The highest BCUT2D eigenvalue weighted by Gasteiger charge is 2.86. The minimum absolute atomic E-state index is 0.00157. The van der Waals surface area contributed by atoms with Crippen LogP contribution in [0.2, 0.25) is 0 Å². The molecule has 47 heavy (non-hydrogen) atoms. The van der Waals surface area contributed by atoms with Crippen molar-refractivity contribution in [3.8, 4) is 5.75 Å². The molecule has 0 radical (unpaired) electrons. The quantitative estimate of drug-likeness (QED) is 0.174. The molecule has 0 amide bonds. The van der Waals surface area contributed by atoms with Gasteiger partial charge in [0, 0.05) is 7.41 Å². The van der Waals surface area contributed by atoms with Crippen molar-refractivity contribution in [1.29, 1.82) is 0 Å². The number of aryl methyl sites for hydroxylation is 1. The highest BCUT2D eigenvalue weighted by atomic mass is 19.4. The number of rotatable bonds is 12. The topological polar surface area (TPSA) is 30.5 Å². The molecule has 270 valence electrons. The van der Waals surface area contributed by atoms with Gasteiger partial charge < -0.3 is 14.8 Å². The average Bonchev–Trinajstić information content (AvgIpc) is 3.29. The Balaban J connectivity index is 1.41. The molecule has 5 atom stereocenters. The summed E-state index contributed by atoms with van der Waals surface area (Å²) in [5, 5.41) is 2.33. The number of nitrogens with one attached hydrogen (secondary N) is 1. The fourth-order valence-corrected chi connectivity index (χ4v) is 7.87. The van der Waals surface area contributed by atoms with Gasteiger partial charge in [0.2, 0.25) is 0 Å². The summed E-state index contributed by atoms with van der Waals surface area (Å²) in [6, 6.07) is 5.16. The van der Waals surface area contributed by atoms with Gasteiger partial charge in [-0.05, 0) is 91.4 Å². The second-order valence-corrected chi connectivity index (χ2v) is 13.1. The van der Waals surface area contributed by atoms with Gasteiger partial charge in [-0.25, -0.2) is 0 Å². The van der Waals surface area contributed by atoms with Gasteiger partial charge in [0.05, 0.1) is 13.2 Å². The van der Waals surface area contributed by atoms with Gasteiger partial charge in [-0.1, -0.05) is 32.7 Å². The van der Waals surface area contributed by atoms with Crippen LogP contribution in [0, 0.1) is 17.3 Å². The maximum atomic E-state index is 14.7. The minimum atomic E-state index is -7.34. The van der Waals surface area contributed by atoms with Gasteiger partial charge in [-0.2, -0.15) is 57.1 Å². The average molecular weight is 705 g/mol. The Labute approximate surface area is 265 Å². The first-order chi connectivity index (χ1) is 22.0. The third kappa shape index (κ3) is 6.92. The molecule has 2 fully saturated rings. The number of fused-ring (bicyclic) bond motifs is 5. The number of benzene rings is 1. The predicted molar refractivity (Wildman–Crippen MR) is 145 cm³/mol. The van der Waals surface area contributed by atoms with Crippen molar-refractivity contribution >= 4 is 0 Å². The molecular weight excluding hydrogens is 665 g/mol. The van der Waals surface area contributed by atoms with Crippen molar-refractivity contribution in [2.75, 3.05) is 19.8 Å². The molecule has 0 bridgehead atoms. The fraction of sp³-hybridized carbons (Fsp3) is 0.806. The molecule has 3 aliphatic carbocycles. The van der Waals surface area contributed by atoms with Crippen LogP contribution >= 0.6 is 0 Å². The van der Waals surface area contributed by atoms with Gasteiger partial charge in [0.1, 0.15) is 12.4 Å². The first-order valence-corrected chi connectivity index (χ1v) is 15.4. The van der Waals surface area contributed by atoms with Crippen molar-refractivity contribution in [3.63, 3.8) is 0 Å². The normalized spacial score (nSPS) is 27.6. The molecule has 3 unspecified atom stereocenters. The molecule has 0 aromatic heterocycles. The highest BCUT2D eigenvalue weighted by Crippen LogP contribution is 2.61. The maximum Gasteiger partial charge on any atom is 0.435 e. The van der Waals surface area contributed by atoms with Crippen LogP contribution in [0.1, 0.15) is 83.6 Å². The molecule has 1 N–H and O–H groups in total. The maximum absolute atomic E-state index is 14.7. The molecule has 0 spiro atoms. The summed E-state index contributed by atoms with van der Waals surface area (Å²) in [6.07, 6.45) is -15.9. The Bertz CT molecular complexity index is 1220. The number of hydrogen-bond acceptors (Lipinski definition) is 3. The molecule has 1 aromatic carbocycles. The summed E-state index contributed by atoms with van der Waals surface area (Å²) in [7, 11) is 0. The highest BCUT2D eigenvalue weighted by molar-refractivity contribution is 5.41. The summed E-state index contributed by atoms with van der Waals surface area (Å²) < 4.78 is 192. The van der Waals surface area contributed by atoms with E-state index >= 15 is 0 Å². The molecule has 4 rings (SSSR count). The lowest BCUT2D eigenvalue weighted by atomic mass is 9.55. The lowest BCUT2D eigenvalue weighted by molar-refractivity contribution is -0.464. The molecule has 3 nitrogen and oxygen atoms in total. The van der Waals surface area contributed by atoms with Crippen molar-refractivity contribution < 1.29 is 67.9 Å². The summed E-state index contributed by atoms with van der Waals surface area (Å²) in [5.74, 6) is -10.1. The fourth-order valence-electron chi connectivity index (χ4n) is 7.87. The SMILES string of the molecule is [2H]CCCCCOc1ccc2c(c1)CCC1C2CC[C@@]2(C)C1CC[C@@H]2NCC(F)(F)C(F)(F)COC(C(F)(F)F)(C(F)(F)F)C(F)(F)F. The molecular formula is C31H38F13NO2. The van der Waals surface area contributed by atoms with E-state index in [9.17, 15) is 57.1 Å². The van der Waals surface area contributed by atoms with E-state index < -0.39 is 60.6 Å². The van der Waals surface area contributed by atoms with Crippen LogP contribution in [-0.4, -0.2) is 61.8 Å². The standard InChI is InChI=1S/C31H38F13NO2/c1-3-4-5-14-46-19-7-9-20-18(15-19)6-8-22-21(20)12-13-25(2)23(22)10-11-24(25)45-16-26(32,33)27(34,35)17-47-28(29(36,37)38,30(39,40)41)31(42,43)44/h7,9,15,21-24,45H,3-6,8,10-14,16-17H2,1-2H3/t21?,22?,23?,24-,25-/m0/s1/i1D. The van der Waals surface area contributed by atoms with Gasteiger partial charge in [0.25, 0.3) is 0 Å². The zero-order valence-corrected chi connectivity index (χ0v) is 25.5. The first kappa shape index (κ1) is 36.3. The number of hydrogen-bond donors (Lipinski definition) is 1. The Hall–Kier alpha value is -1.97. The monoisotopic (exact) mass is 704 g/mol. The number of halogens is 13. The minimum Gasteiger partial charge on any atom is -0.494 e. The van der Waals surface area contributed by atoms with E-state index in [1.165, 1.54) is 0 Å². The Morgan fingerprint density at radius 3 is 2.13 bits per heavy atom. The zero-order valence-electron chi connectivity index (χ0n) is 26.5. The number of alkyl halides is 13. The largest absolute Gasteiger partial charge is 0.494 e. The van der Waals surface area contributed by atoms with Crippen LogP contribution in [0.25, 0.3) is 0 Å². The van der Waals surface area contributed by atoms with Crippen LogP contribution in [0.3, 0.4) is 0 Å². The Morgan fingerprint density at radius 1 is 0.851 bits per heavy atom. The summed E-state index contributed by atoms with van der Waals surface area (Å²) in [6.45, 7) is -2.67. The molecule has 2 saturated carbocycles. The smallest absolute Gasteiger partial charge is 0.435 e. The molecule has 0 heterocycles. The van der Waals surface area contributed by atoms with E-state index in [4.69, 9.17) is 6.11 Å². The van der Waals surface area contributed by atoms with Crippen LogP contribution < -0.4 is 10.1 Å². The lowest BCUT2D eigenvalue weighted by Crippen LogP contribution is -2.69. The van der Waals surface area contributed by atoms with Crippen LogP contribution in [-0.2, 0) is 11.2 Å². The van der Waals surface area contributed by atoms with E-state index in [2.05, 4.69) is 10.1 Å². The van der Waals surface area contributed by atoms with Crippen LogP contribution in [0.4, 0.5) is 57.1 Å². The first-order valence-electron chi connectivity index (χ1n) is 16.1. The number of ether oxygens (including phenoxy) is 2. The lowest BCUT2D eigenvalue weighted by Gasteiger charge is -2.51. The van der Waals surface area contributed by atoms with Gasteiger partial charge in [0.15, 0.2) is 0 Å². The molecule has 16 heteroatoms. The summed E-state index contributed by atoms with van der Waals surface area (Å²) in [4.78, 5) is 0. The molecule has 0 aliphatic heterocycles. The van der Waals surface area contributed by atoms with E-state index in [0.717, 1.165) is 49.0 Å². The third-order valence-electron chi connectivity index (χ3n) is 10.4.